The Morgan fingerprint density at radius 3 is 1.36 bits per heavy atom. The molecule has 0 aromatic heterocycles. The van der Waals surface area contributed by atoms with Gasteiger partial charge in [-0.05, 0) is 82.1 Å². The molecule has 3 rings (SSSR count). The van der Waals surface area contributed by atoms with Gasteiger partial charge in [0.15, 0.2) is 11.9 Å². The third kappa shape index (κ3) is 24.8. The molecule has 296 valence electrons. The number of esters is 1. The van der Waals surface area contributed by atoms with E-state index in [1.165, 1.54) is 27.7 Å². The van der Waals surface area contributed by atoms with Crippen LogP contribution in [0.1, 0.15) is 62.2 Å². The van der Waals surface area contributed by atoms with Crippen molar-refractivity contribution < 1.29 is 61.8 Å². The third-order valence-electron chi connectivity index (χ3n) is 5.65. The van der Waals surface area contributed by atoms with Gasteiger partial charge in [-0.2, -0.15) is 17.7 Å². The van der Waals surface area contributed by atoms with E-state index in [0.29, 0.717) is 16.9 Å². The Morgan fingerprint density at radius 2 is 1.05 bits per heavy atom. The maximum Gasteiger partial charge on any atom is 0.385 e. The number of aliphatic carboxylic acids is 1. The molecule has 0 aliphatic heterocycles. The van der Waals surface area contributed by atoms with E-state index in [1.54, 1.807) is 31.2 Å². The number of alkyl halides is 1. The molecule has 0 heterocycles. The number of benzene rings is 3. The van der Waals surface area contributed by atoms with Crippen molar-refractivity contribution in [2.75, 3.05) is 0 Å². The van der Waals surface area contributed by atoms with Gasteiger partial charge in [0.1, 0.15) is 11.6 Å². The van der Waals surface area contributed by atoms with Crippen LogP contribution in [0.5, 0.6) is 0 Å². The number of hydrogen-bond acceptors (Lipinski definition) is 18. The molecule has 2 unspecified atom stereocenters. The van der Waals surface area contributed by atoms with Crippen LogP contribution in [0, 0.1) is 23.7 Å². The van der Waals surface area contributed by atoms with E-state index in [1.807, 2.05) is 54.5 Å². The summed E-state index contributed by atoms with van der Waals surface area (Å²) >= 11 is 6.22. The summed E-state index contributed by atoms with van der Waals surface area (Å²) < 4.78 is 18.5. The first-order valence-electron chi connectivity index (χ1n) is 15.0. The van der Waals surface area contributed by atoms with Gasteiger partial charge in [-0.1, -0.05) is 64.2 Å². The van der Waals surface area contributed by atoms with Crippen LogP contribution in [0.15, 0.2) is 87.5 Å². The van der Waals surface area contributed by atoms with Gasteiger partial charge in [-0.25, -0.2) is 9.59 Å². The van der Waals surface area contributed by atoms with E-state index in [2.05, 4.69) is 67.6 Å². The van der Waals surface area contributed by atoms with Gasteiger partial charge in [0.2, 0.25) is 0 Å². The van der Waals surface area contributed by atoms with Crippen LogP contribution < -0.4 is 17.7 Å². The fourth-order valence-corrected chi connectivity index (χ4v) is 4.88. The fraction of sp³-hybridized carbons (Fsp3) is 0.229. The Balaban J connectivity index is 0.000000751. The summed E-state index contributed by atoms with van der Waals surface area (Å²) in [6.07, 6.45) is -0.520. The number of carboxylic acid groups (broad SMARTS) is 1. The number of rotatable bonds is 16. The van der Waals surface area contributed by atoms with Gasteiger partial charge in [-0.3, -0.25) is 14.4 Å². The Labute approximate surface area is 339 Å². The number of Topliss-reactive ketones (excluding diaryl/α,β-unsaturated/α-hetero) is 3. The minimum Gasteiger partial charge on any atom is -0.472 e. The minimum atomic E-state index is -1.07. The zero-order valence-electron chi connectivity index (χ0n) is 30.0. The predicted molar refractivity (Wildman–Crippen MR) is 207 cm³/mol. The number of carbonyl (C=O) groups is 5. The zero-order valence-corrected chi connectivity index (χ0v) is 34.0. The summed E-state index contributed by atoms with van der Waals surface area (Å²) in [6.45, 7) is 7.43. The molecule has 0 aliphatic carbocycles. The highest BCUT2D eigenvalue weighted by Gasteiger charge is 2.21. The molecule has 20 heteroatoms. The number of ether oxygens (including phenoxy) is 1. The van der Waals surface area contributed by atoms with Gasteiger partial charge in [0, 0.05) is 38.5 Å². The molecule has 0 amide bonds. The summed E-state index contributed by atoms with van der Waals surface area (Å²) in [5.74, 6) is 20.9. The van der Waals surface area contributed by atoms with Gasteiger partial charge < -0.3 is 9.84 Å². The van der Waals surface area contributed by atoms with Crippen LogP contribution in [0.2, 0.25) is 0 Å². The molecule has 0 aliphatic rings. The van der Waals surface area contributed by atoms with Crippen molar-refractivity contribution in [3.05, 3.63) is 89.5 Å². The van der Waals surface area contributed by atoms with Crippen molar-refractivity contribution in [1.82, 2.24) is 0 Å². The lowest BCUT2D eigenvalue weighted by atomic mass is 10.1. The molecule has 2 atom stereocenters. The standard InChI is InChI=1S/C13H13NO5S.C9H10BrNO3S.C9H11NO3S.C4H4O2/c1-3-4-12(16)17-13(9(2)15)10-5-7-11(8-6-10)20-19-18-14;1-6(12)9(10)7-2-4-8(5-3-7)15-14-13-11;1-7(11)6-8-2-4-9(5-3-8)14-13-12-10;1-2-3-4(5)6/h5-8,13H,14H2,1-2H3;2-5,9H,11H2,1H3;2-5H,6,10H2,1H3;1H3,(H,5,6). The fourth-order valence-electron chi connectivity index (χ4n) is 3.48. The van der Waals surface area contributed by atoms with Gasteiger partial charge in [0.25, 0.3) is 0 Å². The summed E-state index contributed by atoms with van der Waals surface area (Å²) in [7, 11) is 0. The van der Waals surface area contributed by atoms with Crippen LogP contribution in [0.3, 0.4) is 0 Å². The maximum atomic E-state index is 11.5. The second-order valence-corrected chi connectivity index (χ2v) is 13.1. The number of ketones is 3. The monoisotopic (exact) mass is 883 g/mol. The number of carboxylic acids is 1. The Kier molecular flexibility index (Phi) is 28.8. The molecular weight excluding hydrogens is 846 g/mol. The lowest BCUT2D eigenvalue weighted by molar-refractivity contribution is -0.195. The van der Waals surface area contributed by atoms with Crippen molar-refractivity contribution in [1.29, 1.82) is 0 Å². The molecule has 7 N–H and O–H groups in total. The molecule has 3 aromatic rings. The maximum absolute atomic E-state index is 11.5. The molecule has 0 saturated carbocycles. The first kappa shape index (κ1) is 50.9. The molecular formula is C35H38BrN3O13S3. The summed E-state index contributed by atoms with van der Waals surface area (Å²) in [6, 6.07) is 21.3. The van der Waals surface area contributed by atoms with Crippen molar-refractivity contribution in [3.8, 4) is 23.7 Å². The second kappa shape index (κ2) is 31.1. The number of halogens is 1. The molecule has 0 radical (unpaired) electrons. The Morgan fingerprint density at radius 1 is 0.655 bits per heavy atom. The van der Waals surface area contributed by atoms with E-state index >= 15 is 0 Å². The average molecular weight is 885 g/mol. The van der Waals surface area contributed by atoms with E-state index in [9.17, 15) is 24.0 Å². The SMILES string of the molecule is CC#CC(=O)O.CC#CC(=O)OC(C(C)=O)c1ccc(SOON)cc1.CC(=O)C(Br)c1ccc(SOON)cc1.CC(=O)Cc1ccc(SOON)cc1. The van der Waals surface area contributed by atoms with Crippen LogP contribution in [0.4, 0.5) is 0 Å². The quantitative estimate of drug-likeness (QED) is 0.0245. The molecule has 16 nitrogen and oxygen atoms in total. The van der Waals surface area contributed by atoms with Crippen LogP contribution in [0.25, 0.3) is 0 Å². The zero-order chi connectivity index (χ0) is 41.6. The number of carbonyl (C=O) groups excluding carboxylic acids is 4. The topological polar surface area (TPSA) is 248 Å². The summed E-state index contributed by atoms with van der Waals surface area (Å²) in [5, 5.41) is 7.74. The van der Waals surface area contributed by atoms with Crippen LogP contribution in [-0.4, -0.2) is 34.4 Å². The molecule has 0 bridgehead atoms. The summed E-state index contributed by atoms with van der Waals surface area (Å²) in [4.78, 5) is 68.2. The first-order valence-corrected chi connectivity index (χ1v) is 18.2. The van der Waals surface area contributed by atoms with Crippen molar-refractivity contribution in [2.45, 2.75) is 66.7 Å². The van der Waals surface area contributed by atoms with Gasteiger partial charge in [0.05, 0.1) is 41.0 Å². The highest BCUT2D eigenvalue weighted by molar-refractivity contribution is 9.09. The minimum absolute atomic E-state index is 0.0666. The van der Waals surface area contributed by atoms with E-state index in [4.69, 9.17) is 21.6 Å². The average Bonchev–Trinajstić information content (AvgIpc) is 3.15. The third-order valence-corrected chi connectivity index (χ3v) is 8.66. The van der Waals surface area contributed by atoms with Crippen LogP contribution >= 0.6 is 52.1 Å². The summed E-state index contributed by atoms with van der Waals surface area (Å²) in [5.41, 5.74) is 2.43. The highest BCUT2D eigenvalue weighted by Crippen LogP contribution is 2.27. The van der Waals surface area contributed by atoms with E-state index < -0.39 is 18.0 Å². The Hall–Kier alpha value is -4.10. The van der Waals surface area contributed by atoms with Crippen molar-refractivity contribution >= 4 is 81.3 Å². The van der Waals surface area contributed by atoms with Crippen molar-refractivity contribution in [3.63, 3.8) is 0 Å². The smallest absolute Gasteiger partial charge is 0.385 e. The second-order valence-electron chi connectivity index (χ2n) is 9.83. The first-order chi connectivity index (χ1) is 26.2. The molecule has 0 fully saturated rings. The predicted octanol–water partition coefficient (Wildman–Crippen LogP) is 5.99. The van der Waals surface area contributed by atoms with E-state index in [-0.39, 0.29) is 22.2 Å². The Bertz CT molecular complexity index is 1760. The normalized spacial score (nSPS) is 10.6. The molecule has 3 aromatic carbocycles. The van der Waals surface area contributed by atoms with Crippen molar-refractivity contribution in [2.24, 2.45) is 17.7 Å². The van der Waals surface area contributed by atoms with Gasteiger partial charge in [-0.15, -0.1) is 28.0 Å². The largest absolute Gasteiger partial charge is 0.472 e. The highest BCUT2D eigenvalue weighted by atomic mass is 79.9. The molecule has 55 heavy (non-hydrogen) atoms. The molecule has 0 spiro atoms. The molecule has 0 saturated heterocycles. The lowest BCUT2D eigenvalue weighted by Crippen LogP contribution is -2.16. The van der Waals surface area contributed by atoms with Crippen LogP contribution in [-0.2, 0) is 63.1 Å². The van der Waals surface area contributed by atoms with E-state index in [0.717, 1.165) is 57.0 Å². The van der Waals surface area contributed by atoms with Gasteiger partial charge >= 0.3 is 11.9 Å². The lowest BCUT2D eigenvalue weighted by Gasteiger charge is -2.13. The number of hydrogen-bond donors (Lipinski definition) is 4. The number of nitrogens with two attached hydrogens (primary N) is 3.